The van der Waals surface area contributed by atoms with Crippen molar-refractivity contribution < 1.29 is 9.66 Å². The van der Waals surface area contributed by atoms with Gasteiger partial charge < -0.3 is 9.64 Å². The van der Waals surface area contributed by atoms with Crippen LogP contribution >= 0.6 is 15.9 Å². The summed E-state index contributed by atoms with van der Waals surface area (Å²) in [6, 6.07) is 5.36. The maximum absolute atomic E-state index is 10.9. The first kappa shape index (κ1) is 16.4. The molecule has 0 heterocycles. The number of aryl methyl sites for hydroxylation is 1. The van der Waals surface area contributed by atoms with Crippen molar-refractivity contribution in [1.82, 2.24) is 0 Å². The number of nitriles is 1. The van der Waals surface area contributed by atoms with Crippen molar-refractivity contribution in [3.63, 3.8) is 0 Å². The van der Waals surface area contributed by atoms with Crippen LogP contribution in [0.25, 0.3) is 0 Å². The fourth-order valence-electron chi connectivity index (χ4n) is 1.83. The molecule has 0 saturated carbocycles. The van der Waals surface area contributed by atoms with Crippen LogP contribution in [0.2, 0.25) is 0 Å². The van der Waals surface area contributed by atoms with Crippen molar-refractivity contribution in [3.8, 4) is 6.07 Å². The molecule has 0 N–H and O–H groups in total. The quantitative estimate of drug-likeness (QED) is 0.562. The van der Waals surface area contributed by atoms with Crippen LogP contribution in [0.4, 0.5) is 11.4 Å². The zero-order valence-electron chi connectivity index (χ0n) is 11.4. The predicted molar refractivity (Wildman–Crippen MR) is 79.9 cm³/mol. The summed E-state index contributed by atoms with van der Waals surface area (Å²) < 4.78 is 5.70. The molecule has 1 aromatic rings. The van der Waals surface area contributed by atoms with Crippen molar-refractivity contribution in [2.24, 2.45) is 0 Å². The highest BCUT2D eigenvalue weighted by molar-refractivity contribution is 9.10. The summed E-state index contributed by atoms with van der Waals surface area (Å²) in [6.45, 7) is 3.39. The van der Waals surface area contributed by atoms with Crippen LogP contribution in [-0.4, -0.2) is 31.7 Å². The molecule has 0 amide bonds. The second kappa shape index (κ2) is 7.82. The number of nitro benzene ring substituents is 1. The van der Waals surface area contributed by atoms with Gasteiger partial charge in [0.2, 0.25) is 0 Å². The van der Waals surface area contributed by atoms with Crippen LogP contribution in [-0.2, 0) is 4.74 Å². The van der Waals surface area contributed by atoms with Crippen molar-refractivity contribution >= 4 is 27.3 Å². The fraction of sp³-hybridized carbons (Fsp3) is 0.462. The summed E-state index contributed by atoms with van der Waals surface area (Å²) in [5, 5.41) is 19.6. The maximum Gasteiger partial charge on any atom is 0.273 e. The summed E-state index contributed by atoms with van der Waals surface area (Å²) in [7, 11) is 1.61. The highest BCUT2D eigenvalue weighted by Gasteiger charge is 2.17. The zero-order valence-corrected chi connectivity index (χ0v) is 13.0. The van der Waals surface area contributed by atoms with E-state index in [-0.39, 0.29) is 5.69 Å². The lowest BCUT2D eigenvalue weighted by Gasteiger charge is -2.25. The van der Waals surface area contributed by atoms with Crippen molar-refractivity contribution in [1.29, 1.82) is 5.26 Å². The molecule has 0 atom stereocenters. The number of hydrogen-bond acceptors (Lipinski definition) is 5. The second-order valence-electron chi connectivity index (χ2n) is 4.24. The van der Waals surface area contributed by atoms with E-state index in [1.54, 1.807) is 20.1 Å². The third kappa shape index (κ3) is 4.18. The van der Waals surface area contributed by atoms with Crippen molar-refractivity contribution in [3.05, 3.63) is 32.3 Å². The molecule has 0 fully saturated rings. The molecule has 7 heteroatoms. The normalized spacial score (nSPS) is 10.1. The molecule has 0 bridgehead atoms. The van der Waals surface area contributed by atoms with Crippen LogP contribution < -0.4 is 4.90 Å². The number of nitro groups is 1. The summed E-state index contributed by atoms with van der Waals surface area (Å²) in [6.07, 6.45) is 0.381. The lowest BCUT2D eigenvalue weighted by atomic mass is 10.1. The van der Waals surface area contributed by atoms with E-state index in [4.69, 9.17) is 10.00 Å². The van der Waals surface area contributed by atoms with Gasteiger partial charge in [-0.15, -0.1) is 0 Å². The SMILES string of the molecule is COCCN(CCC#N)c1cc(C)c([N+](=O)[O-])cc1Br. The molecular weight excluding hydrogens is 326 g/mol. The Kier molecular flexibility index (Phi) is 6.42. The number of halogens is 1. The number of ether oxygens (including phenoxy) is 1. The molecule has 0 saturated heterocycles. The monoisotopic (exact) mass is 341 g/mol. The van der Waals surface area contributed by atoms with E-state index in [0.29, 0.717) is 36.2 Å². The predicted octanol–water partition coefficient (Wildman–Crippen LogP) is 3.03. The number of nitrogens with zero attached hydrogens (tertiary/aromatic N) is 3. The van der Waals surface area contributed by atoms with Gasteiger partial charge >= 0.3 is 0 Å². The topological polar surface area (TPSA) is 79.4 Å². The van der Waals surface area contributed by atoms with Gasteiger partial charge in [0.05, 0.1) is 29.7 Å². The third-order valence-corrected chi connectivity index (χ3v) is 3.50. The maximum atomic E-state index is 10.9. The first-order chi connectivity index (χ1) is 9.51. The summed E-state index contributed by atoms with van der Waals surface area (Å²) >= 11 is 3.36. The molecule has 1 rings (SSSR count). The first-order valence-electron chi connectivity index (χ1n) is 6.06. The number of anilines is 1. The molecule has 0 aliphatic carbocycles. The van der Waals surface area contributed by atoms with Crippen molar-refractivity contribution in [2.75, 3.05) is 31.7 Å². The Labute approximate surface area is 126 Å². The van der Waals surface area contributed by atoms with Gasteiger partial charge in [-0.2, -0.15) is 5.26 Å². The third-order valence-electron chi connectivity index (χ3n) is 2.86. The Balaban J connectivity index is 3.09. The average Bonchev–Trinajstić information content (AvgIpc) is 2.41. The van der Waals surface area contributed by atoms with Gasteiger partial charge in [-0.25, -0.2) is 0 Å². The van der Waals surface area contributed by atoms with Gasteiger partial charge in [-0.05, 0) is 28.9 Å². The molecule has 1 aromatic carbocycles. The van der Waals surface area contributed by atoms with Gasteiger partial charge in [0.1, 0.15) is 0 Å². The van der Waals surface area contributed by atoms with Gasteiger partial charge in [-0.3, -0.25) is 10.1 Å². The van der Waals surface area contributed by atoms with Gasteiger partial charge in [0.15, 0.2) is 0 Å². The van der Waals surface area contributed by atoms with Gasteiger partial charge in [0.25, 0.3) is 5.69 Å². The number of benzene rings is 1. The summed E-state index contributed by atoms with van der Waals surface area (Å²) in [5.41, 5.74) is 1.50. The van der Waals surface area contributed by atoms with E-state index in [1.807, 2.05) is 4.90 Å². The Hall–Kier alpha value is -1.65. The molecule has 0 radical (unpaired) electrons. The summed E-state index contributed by atoms with van der Waals surface area (Å²) in [5.74, 6) is 0. The average molecular weight is 342 g/mol. The minimum atomic E-state index is -0.404. The molecular formula is C13H16BrN3O3. The van der Waals surface area contributed by atoms with Gasteiger partial charge in [-0.1, -0.05) is 0 Å². The number of methoxy groups -OCH3 is 1. The van der Waals surface area contributed by atoms with E-state index in [9.17, 15) is 10.1 Å². The van der Waals surface area contributed by atoms with Crippen molar-refractivity contribution in [2.45, 2.75) is 13.3 Å². The number of rotatable bonds is 7. The van der Waals surface area contributed by atoms with E-state index >= 15 is 0 Å². The molecule has 0 aromatic heterocycles. The Morgan fingerprint density at radius 1 is 1.50 bits per heavy atom. The van der Waals surface area contributed by atoms with Crippen LogP contribution in [0.1, 0.15) is 12.0 Å². The molecule has 20 heavy (non-hydrogen) atoms. The molecule has 108 valence electrons. The lowest BCUT2D eigenvalue weighted by molar-refractivity contribution is -0.385. The Morgan fingerprint density at radius 3 is 2.75 bits per heavy atom. The minimum absolute atomic E-state index is 0.0765. The molecule has 0 unspecified atom stereocenters. The van der Waals surface area contributed by atoms with Crippen LogP contribution in [0, 0.1) is 28.4 Å². The van der Waals surface area contributed by atoms with E-state index in [2.05, 4.69) is 22.0 Å². The van der Waals surface area contributed by atoms with Crippen LogP contribution in [0.15, 0.2) is 16.6 Å². The highest BCUT2D eigenvalue weighted by atomic mass is 79.9. The summed E-state index contributed by atoms with van der Waals surface area (Å²) in [4.78, 5) is 12.5. The number of hydrogen-bond donors (Lipinski definition) is 0. The highest BCUT2D eigenvalue weighted by Crippen LogP contribution is 2.33. The zero-order chi connectivity index (χ0) is 15.1. The van der Waals surface area contributed by atoms with E-state index < -0.39 is 4.92 Å². The van der Waals surface area contributed by atoms with E-state index in [1.165, 1.54) is 6.07 Å². The van der Waals surface area contributed by atoms with E-state index in [0.717, 1.165) is 5.69 Å². The molecule has 6 nitrogen and oxygen atoms in total. The second-order valence-corrected chi connectivity index (χ2v) is 5.09. The largest absolute Gasteiger partial charge is 0.383 e. The Bertz CT molecular complexity index is 528. The lowest BCUT2D eigenvalue weighted by Crippen LogP contribution is -2.28. The fourth-order valence-corrected chi connectivity index (χ4v) is 2.42. The smallest absolute Gasteiger partial charge is 0.273 e. The minimum Gasteiger partial charge on any atom is -0.383 e. The first-order valence-corrected chi connectivity index (χ1v) is 6.86. The Morgan fingerprint density at radius 2 is 2.20 bits per heavy atom. The molecule has 0 aliphatic rings. The standard InChI is InChI=1S/C13H16BrN3O3/c1-10-8-13(11(14)9-12(10)17(18)19)16(5-3-4-15)6-7-20-2/h8-9H,3,5-7H2,1-2H3. The van der Waals surface area contributed by atoms with Crippen LogP contribution in [0.3, 0.4) is 0 Å². The van der Waals surface area contributed by atoms with Crippen LogP contribution in [0.5, 0.6) is 0 Å². The van der Waals surface area contributed by atoms with Gasteiger partial charge in [0, 0.05) is 36.3 Å². The molecule has 0 aliphatic heterocycles. The molecule has 0 spiro atoms.